The van der Waals surface area contributed by atoms with Crippen LogP contribution in [-0.4, -0.2) is 11.8 Å². The number of hydrogen-bond acceptors (Lipinski definition) is 4. The van der Waals surface area contributed by atoms with Crippen LogP contribution in [0.4, 0.5) is 11.4 Å². The summed E-state index contributed by atoms with van der Waals surface area (Å²) < 4.78 is 5.68. The van der Waals surface area contributed by atoms with Crippen LogP contribution in [0.5, 0.6) is 11.5 Å². The maximum absolute atomic E-state index is 11.2. The predicted molar refractivity (Wildman–Crippen MR) is 80.2 cm³/mol. The molecule has 2 aromatic carbocycles. The van der Waals surface area contributed by atoms with Gasteiger partial charge in [0.2, 0.25) is 11.8 Å². The minimum atomic E-state index is -0.563. The van der Waals surface area contributed by atoms with E-state index in [-0.39, 0.29) is 11.6 Å². The van der Waals surface area contributed by atoms with Crippen LogP contribution in [0.3, 0.4) is 0 Å². The predicted octanol–water partition coefficient (Wildman–Crippen LogP) is 2.12. The minimum absolute atomic E-state index is 0.205. The van der Waals surface area contributed by atoms with E-state index < -0.39 is 5.91 Å². The van der Waals surface area contributed by atoms with Gasteiger partial charge >= 0.3 is 0 Å². The molecule has 0 heterocycles. The van der Waals surface area contributed by atoms with Crippen molar-refractivity contribution in [1.29, 1.82) is 0 Å². The number of ether oxygens (including phenoxy) is 1. The Balaban J connectivity index is 2.30. The van der Waals surface area contributed by atoms with Crippen LogP contribution in [0, 0.1) is 0 Å². The lowest BCUT2D eigenvalue weighted by molar-refractivity contribution is -0.114. The molecule has 0 aliphatic heterocycles. The number of primary amides is 1. The Bertz CT molecular complexity index is 698. The van der Waals surface area contributed by atoms with Crippen molar-refractivity contribution in [3.05, 3.63) is 48.0 Å². The molecule has 0 unspecified atom stereocenters. The average Bonchev–Trinajstić information content (AvgIpc) is 2.42. The molecule has 0 fully saturated rings. The van der Waals surface area contributed by atoms with Crippen LogP contribution in [0.1, 0.15) is 17.3 Å². The van der Waals surface area contributed by atoms with E-state index in [9.17, 15) is 9.59 Å². The fraction of sp³-hybridized carbons (Fsp3) is 0.0667. The summed E-state index contributed by atoms with van der Waals surface area (Å²) in [5.74, 6) is 0.0546. The number of nitrogen functional groups attached to an aromatic ring is 1. The Kier molecular flexibility index (Phi) is 4.08. The van der Waals surface area contributed by atoms with Gasteiger partial charge in [0.05, 0.1) is 11.4 Å². The number of benzene rings is 2. The van der Waals surface area contributed by atoms with Crippen LogP contribution in [0.2, 0.25) is 0 Å². The molecule has 0 bridgehead atoms. The molecule has 5 N–H and O–H groups in total. The van der Waals surface area contributed by atoms with Gasteiger partial charge in [0.15, 0.2) is 5.75 Å². The lowest BCUT2D eigenvalue weighted by atomic mass is 10.2. The van der Waals surface area contributed by atoms with Crippen molar-refractivity contribution in [1.82, 2.24) is 0 Å². The first-order valence-electron chi connectivity index (χ1n) is 6.21. The minimum Gasteiger partial charge on any atom is -0.453 e. The monoisotopic (exact) mass is 285 g/mol. The molecule has 21 heavy (non-hydrogen) atoms. The number of carbonyl (C=O) groups excluding carboxylic acids is 2. The maximum Gasteiger partial charge on any atom is 0.248 e. The van der Waals surface area contributed by atoms with E-state index in [4.69, 9.17) is 16.2 Å². The first-order chi connectivity index (χ1) is 9.97. The number of hydrogen-bond donors (Lipinski definition) is 3. The molecular formula is C15H15N3O3. The van der Waals surface area contributed by atoms with Crippen molar-refractivity contribution in [3.8, 4) is 11.5 Å². The van der Waals surface area contributed by atoms with Crippen LogP contribution in [0.15, 0.2) is 42.5 Å². The van der Waals surface area contributed by atoms with Crippen molar-refractivity contribution in [2.24, 2.45) is 5.73 Å². The van der Waals surface area contributed by atoms with E-state index in [2.05, 4.69) is 5.32 Å². The third-order valence-corrected chi connectivity index (χ3v) is 2.71. The van der Waals surface area contributed by atoms with Gasteiger partial charge < -0.3 is 21.5 Å². The number of anilines is 2. The zero-order chi connectivity index (χ0) is 15.4. The SMILES string of the molecule is CC(=O)Nc1ccccc1Oc1ccc(C(N)=O)cc1N. The van der Waals surface area contributed by atoms with E-state index >= 15 is 0 Å². The zero-order valence-electron chi connectivity index (χ0n) is 11.4. The molecule has 0 atom stereocenters. The molecule has 0 spiro atoms. The van der Waals surface area contributed by atoms with Gasteiger partial charge in [0, 0.05) is 12.5 Å². The fourth-order valence-electron chi connectivity index (χ4n) is 1.76. The zero-order valence-corrected chi connectivity index (χ0v) is 11.4. The molecule has 0 aliphatic carbocycles. The van der Waals surface area contributed by atoms with Gasteiger partial charge in [0.1, 0.15) is 5.75 Å². The summed E-state index contributed by atoms with van der Waals surface area (Å²) in [5.41, 5.74) is 12.1. The quantitative estimate of drug-likeness (QED) is 0.748. The van der Waals surface area contributed by atoms with Gasteiger partial charge in [-0.1, -0.05) is 12.1 Å². The van der Waals surface area contributed by atoms with E-state index in [1.54, 1.807) is 30.3 Å². The van der Waals surface area contributed by atoms with Crippen LogP contribution in [0.25, 0.3) is 0 Å². The average molecular weight is 285 g/mol. The standard InChI is InChI=1S/C15H15N3O3/c1-9(19)18-12-4-2-3-5-14(12)21-13-7-6-10(15(17)20)8-11(13)16/h2-8H,16H2,1H3,(H2,17,20)(H,18,19). The molecule has 0 aromatic heterocycles. The Morgan fingerprint density at radius 1 is 1.10 bits per heavy atom. The van der Waals surface area contributed by atoms with Crippen LogP contribution < -0.4 is 21.5 Å². The molecule has 108 valence electrons. The molecular weight excluding hydrogens is 270 g/mol. The maximum atomic E-state index is 11.2. The van der Waals surface area contributed by atoms with Crippen LogP contribution >= 0.6 is 0 Å². The molecule has 0 radical (unpaired) electrons. The smallest absolute Gasteiger partial charge is 0.248 e. The van der Waals surface area contributed by atoms with E-state index in [1.807, 2.05) is 0 Å². The second kappa shape index (κ2) is 5.96. The van der Waals surface area contributed by atoms with Gasteiger partial charge in [0.25, 0.3) is 0 Å². The van der Waals surface area contributed by atoms with Gasteiger partial charge in [-0.05, 0) is 30.3 Å². The number of rotatable bonds is 4. The molecule has 2 amide bonds. The second-order valence-electron chi connectivity index (χ2n) is 4.40. The van der Waals surface area contributed by atoms with Gasteiger partial charge in [-0.3, -0.25) is 9.59 Å². The molecule has 6 nitrogen and oxygen atoms in total. The van der Waals surface area contributed by atoms with Crippen molar-refractivity contribution in [2.45, 2.75) is 6.92 Å². The highest BCUT2D eigenvalue weighted by atomic mass is 16.5. The van der Waals surface area contributed by atoms with E-state index in [0.717, 1.165) is 0 Å². The van der Waals surface area contributed by atoms with Crippen LogP contribution in [-0.2, 0) is 4.79 Å². The summed E-state index contributed by atoms with van der Waals surface area (Å²) in [6.45, 7) is 1.41. The topological polar surface area (TPSA) is 107 Å². The highest BCUT2D eigenvalue weighted by Gasteiger charge is 2.10. The largest absolute Gasteiger partial charge is 0.453 e. The Labute approximate surface area is 121 Å². The highest BCUT2D eigenvalue weighted by Crippen LogP contribution is 2.32. The van der Waals surface area contributed by atoms with Crippen molar-refractivity contribution in [3.63, 3.8) is 0 Å². The van der Waals surface area contributed by atoms with Gasteiger partial charge in [-0.15, -0.1) is 0 Å². The number of amides is 2. The summed E-state index contributed by atoms with van der Waals surface area (Å²) in [6.07, 6.45) is 0. The molecule has 0 aliphatic rings. The fourth-order valence-corrected chi connectivity index (χ4v) is 1.76. The van der Waals surface area contributed by atoms with Crippen molar-refractivity contribution >= 4 is 23.2 Å². The molecule has 2 rings (SSSR count). The lowest BCUT2D eigenvalue weighted by Gasteiger charge is -2.13. The third kappa shape index (κ3) is 3.50. The molecule has 0 saturated heterocycles. The molecule has 0 saturated carbocycles. The van der Waals surface area contributed by atoms with E-state index in [0.29, 0.717) is 22.7 Å². The van der Waals surface area contributed by atoms with Crippen molar-refractivity contribution < 1.29 is 14.3 Å². The third-order valence-electron chi connectivity index (χ3n) is 2.71. The summed E-state index contributed by atoms with van der Waals surface area (Å²) in [5, 5.41) is 2.66. The molecule has 6 heteroatoms. The summed E-state index contributed by atoms with van der Waals surface area (Å²) in [4.78, 5) is 22.2. The number of nitrogens with two attached hydrogens (primary N) is 2. The number of para-hydroxylation sites is 2. The summed E-state index contributed by atoms with van der Waals surface area (Å²) in [7, 11) is 0. The molecule has 2 aromatic rings. The van der Waals surface area contributed by atoms with E-state index in [1.165, 1.54) is 19.1 Å². The summed E-state index contributed by atoms with van der Waals surface area (Å²) >= 11 is 0. The lowest BCUT2D eigenvalue weighted by Crippen LogP contribution is -2.11. The Hall–Kier alpha value is -3.02. The second-order valence-corrected chi connectivity index (χ2v) is 4.40. The first-order valence-corrected chi connectivity index (χ1v) is 6.21. The Morgan fingerprint density at radius 3 is 2.43 bits per heavy atom. The normalized spacial score (nSPS) is 9.95. The van der Waals surface area contributed by atoms with Gasteiger partial charge in [-0.2, -0.15) is 0 Å². The Morgan fingerprint density at radius 2 is 1.81 bits per heavy atom. The summed E-state index contributed by atoms with van der Waals surface area (Å²) in [6, 6.07) is 11.5. The van der Waals surface area contributed by atoms with Gasteiger partial charge in [-0.25, -0.2) is 0 Å². The van der Waals surface area contributed by atoms with Crippen molar-refractivity contribution in [2.75, 3.05) is 11.1 Å². The number of carbonyl (C=O) groups is 2. The highest BCUT2D eigenvalue weighted by molar-refractivity contribution is 5.94. The first kappa shape index (κ1) is 14.4. The number of nitrogens with one attached hydrogen (secondary N) is 1.